The molecule has 0 unspecified atom stereocenters. The minimum absolute atomic E-state index is 0.361. The lowest BCUT2D eigenvalue weighted by atomic mass is 9.89. The zero-order valence-corrected chi connectivity index (χ0v) is 7.21. The molecule has 2 heteroatoms. The molecule has 4 atom stereocenters. The van der Waals surface area contributed by atoms with Crippen molar-refractivity contribution in [3.8, 4) is 0 Å². The van der Waals surface area contributed by atoms with E-state index in [1.165, 1.54) is 25.7 Å². The van der Waals surface area contributed by atoms with Gasteiger partial charge in [0, 0.05) is 0 Å². The number of epoxide rings is 2. The van der Waals surface area contributed by atoms with Crippen LogP contribution in [0.5, 0.6) is 0 Å². The summed E-state index contributed by atoms with van der Waals surface area (Å²) in [5.74, 6) is 1.72. The van der Waals surface area contributed by atoms with Gasteiger partial charge in [-0.15, -0.1) is 0 Å². The van der Waals surface area contributed by atoms with Gasteiger partial charge in [0.05, 0.1) is 24.4 Å². The molecule has 2 heterocycles. The second-order valence-corrected chi connectivity index (χ2v) is 5.00. The summed E-state index contributed by atoms with van der Waals surface area (Å²) in [7, 11) is 0. The summed E-state index contributed by atoms with van der Waals surface area (Å²) in [6.07, 6.45) is 5.36. The Hall–Kier alpha value is -0.0800. The van der Waals surface area contributed by atoms with E-state index in [2.05, 4.69) is 0 Å². The van der Waals surface area contributed by atoms with Gasteiger partial charge in [-0.25, -0.2) is 0 Å². The molecule has 4 aliphatic rings. The maximum Gasteiger partial charge on any atom is 0.0948 e. The van der Waals surface area contributed by atoms with Gasteiger partial charge in [0.15, 0.2) is 0 Å². The molecule has 2 aliphatic carbocycles. The molecule has 0 radical (unpaired) electrons. The Bertz CT molecular complexity index is 214. The molecule has 2 aliphatic heterocycles. The van der Waals surface area contributed by atoms with Crippen molar-refractivity contribution in [2.24, 2.45) is 11.8 Å². The molecule has 2 saturated heterocycles. The quantitative estimate of drug-likeness (QED) is 0.507. The third-order valence-electron chi connectivity index (χ3n) is 4.62. The summed E-state index contributed by atoms with van der Waals surface area (Å²) in [6, 6.07) is 0. The summed E-state index contributed by atoms with van der Waals surface area (Å²) < 4.78 is 11.3. The molecule has 66 valence electrons. The molecule has 2 saturated carbocycles. The maximum atomic E-state index is 5.64. The normalized spacial score (nSPS) is 66.0. The molecule has 2 spiro atoms. The van der Waals surface area contributed by atoms with Gasteiger partial charge in [0.25, 0.3) is 0 Å². The Morgan fingerprint density at radius 2 is 1.25 bits per heavy atom. The van der Waals surface area contributed by atoms with Crippen LogP contribution in [0, 0.1) is 11.8 Å². The lowest BCUT2D eigenvalue weighted by Gasteiger charge is -2.15. The first kappa shape index (κ1) is 6.39. The van der Waals surface area contributed by atoms with E-state index in [1.54, 1.807) is 0 Å². The highest BCUT2D eigenvalue weighted by Crippen LogP contribution is 2.64. The van der Waals surface area contributed by atoms with Crippen LogP contribution in [0.3, 0.4) is 0 Å². The standard InChI is InChI=1S/C10H14O2/c1-3-9(5-11-9)8-2-4-10(6-12-10)7(1)8/h7-8H,1-6H2/t7-,8-,9+,10+/m0/s1. The summed E-state index contributed by atoms with van der Waals surface area (Å²) in [4.78, 5) is 0. The van der Waals surface area contributed by atoms with Gasteiger partial charge < -0.3 is 9.47 Å². The molecule has 0 aromatic heterocycles. The first-order valence-electron chi connectivity index (χ1n) is 5.13. The third kappa shape index (κ3) is 0.549. The largest absolute Gasteiger partial charge is 0.369 e. The molecule has 0 aromatic carbocycles. The van der Waals surface area contributed by atoms with Crippen LogP contribution in [0.15, 0.2) is 0 Å². The lowest BCUT2D eigenvalue weighted by molar-refractivity contribution is 0.203. The highest BCUT2D eigenvalue weighted by Gasteiger charge is 2.69. The molecule has 0 aromatic rings. The summed E-state index contributed by atoms with van der Waals surface area (Å²) in [5, 5.41) is 0. The molecule has 0 amide bonds. The van der Waals surface area contributed by atoms with Gasteiger partial charge >= 0.3 is 0 Å². The molecule has 4 fully saturated rings. The smallest absolute Gasteiger partial charge is 0.0948 e. The van der Waals surface area contributed by atoms with Crippen molar-refractivity contribution in [3.05, 3.63) is 0 Å². The van der Waals surface area contributed by atoms with Crippen LogP contribution in [0.4, 0.5) is 0 Å². The number of fused-ring (bicyclic) bond motifs is 3. The van der Waals surface area contributed by atoms with Crippen LogP contribution in [-0.4, -0.2) is 24.4 Å². The molecule has 0 N–H and O–H groups in total. The fourth-order valence-electron chi connectivity index (χ4n) is 3.73. The highest BCUT2D eigenvalue weighted by atomic mass is 16.6. The summed E-state index contributed by atoms with van der Waals surface area (Å²) >= 11 is 0. The predicted octanol–water partition coefficient (Wildman–Crippen LogP) is 1.34. The molecule has 12 heavy (non-hydrogen) atoms. The number of hydrogen-bond donors (Lipinski definition) is 0. The van der Waals surface area contributed by atoms with Crippen LogP contribution in [0.1, 0.15) is 25.7 Å². The number of rotatable bonds is 0. The van der Waals surface area contributed by atoms with E-state index in [0.717, 1.165) is 25.0 Å². The average Bonchev–Trinajstić information content (AvgIpc) is 2.89. The van der Waals surface area contributed by atoms with Crippen molar-refractivity contribution >= 4 is 0 Å². The van der Waals surface area contributed by atoms with E-state index in [9.17, 15) is 0 Å². The fourth-order valence-corrected chi connectivity index (χ4v) is 3.73. The van der Waals surface area contributed by atoms with Crippen molar-refractivity contribution in [3.63, 3.8) is 0 Å². The Balaban J connectivity index is 1.73. The number of ether oxygens (including phenoxy) is 2. The third-order valence-corrected chi connectivity index (χ3v) is 4.62. The van der Waals surface area contributed by atoms with Gasteiger partial charge in [0.2, 0.25) is 0 Å². The van der Waals surface area contributed by atoms with Gasteiger partial charge in [-0.05, 0) is 37.5 Å². The van der Waals surface area contributed by atoms with Crippen LogP contribution >= 0.6 is 0 Å². The van der Waals surface area contributed by atoms with Crippen molar-refractivity contribution in [1.29, 1.82) is 0 Å². The van der Waals surface area contributed by atoms with E-state index in [-0.39, 0.29) is 0 Å². The number of hydrogen-bond acceptors (Lipinski definition) is 2. The Morgan fingerprint density at radius 1 is 0.833 bits per heavy atom. The van der Waals surface area contributed by atoms with Gasteiger partial charge in [0.1, 0.15) is 0 Å². The second kappa shape index (κ2) is 1.60. The Labute approximate surface area is 72.2 Å². The van der Waals surface area contributed by atoms with Crippen LogP contribution < -0.4 is 0 Å². The topological polar surface area (TPSA) is 25.1 Å². The van der Waals surface area contributed by atoms with E-state index < -0.39 is 0 Å². The minimum atomic E-state index is 0.361. The fraction of sp³-hybridized carbons (Fsp3) is 1.00. The van der Waals surface area contributed by atoms with E-state index in [0.29, 0.717) is 11.2 Å². The van der Waals surface area contributed by atoms with E-state index >= 15 is 0 Å². The Kier molecular flexibility index (Phi) is 0.851. The zero-order valence-electron chi connectivity index (χ0n) is 7.21. The van der Waals surface area contributed by atoms with Crippen molar-refractivity contribution in [2.45, 2.75) is 36.9 Å². The van der Waals surface area contributed by atoms with Crippen LogP contribution in [0.25, 0.3) is 0 Å². The lowest BCUT2D eigenvalue weighted by Crippen LogP contribution is -2.23. The average molecular weight is 166 g/mol. The summed E-state index contributed by atoms with van der Waals surface area (Å²) in [5.41, 5.74) is 0.722. The van der Waals surface area contributed by atoms with Gasteiger partial charge in [-0.3, -0.25) is 0 Å². The van der Waals surface area contributed by atoms with Crippen molar-refractivity contribution < 1.29 is 9.47 Å². The molecular weight excluding hydrogens is 152 g/mol. The predicted molar refractivity (Wildman–Crippen MR) is 42.8 cm³/mol. The van der Waals surface area contributed by atoms with Crippen LogP contribution in [0.2, 0.25) is 0 Å². The van der Waals surface area contributed by atoms with Crippen LogP contribution in [-0.2, 0) is 9.47 Å². The Morgan fingerprint density at radius 3 is 1.58 bits per heavy atom. The van der Waals surface area contributed by atoms with E-state index in [4.69, 9.17) is 9.47 Å². The minimum Gasteiger partial charge on any atom is -0.369 e. The zero-order chi connectivity index (χ0) is 7.81. The second-order valence-electron chi connectivity index (χ2n) is 5.00. The maximum absolute atomic E-state index is 5.64. The molecule has 2 nitrogen and oxygen atoms in total. The summed E-state index contributed by atoms with van der Waals surface area (Å²) in [6.45, 7) is 2.09. The molecule has 0 bridgehead atoms. The molecular formula is C10H14O2. The van der Waals surface area contributed by atoms with E-state index in [1.807, 2.05) is 0 Å². The van der Waals surface area contributed by atoms with Crippen molar-refractivity contribution in [1.82, 2.24) is 0 Å². The monoisotopic (exact) mass is 166 g/mol. The highest BCUT2D eigenvalue weighted by molar-refractivity contribution is 5.18. The SMILES string of the molecule is C1C[C@@]2(CO2)[C@H]2CC[C@@]3(CO3)[C@@H]12. The first-order valence-corrected chi connectivity index (χ1v) is 5.13. The van der Waals surface area contributed by atoms with Gasteiger partial charge in [-0.1, -0.05) is 0 Å². The van der Waals surface area contributed by atoms with Crippen molar-refractivity contribution in [2.75, 3.05) is 13.2 Å². The molecule has 4 rings (SSSR count). The first-order chi connectivity index (χ1) is 5.85. The van der Waals surface area contributed by atoms with Gasteiger partial charge in [-0.2, -0.15) is 0 Å².